The molecule has 0 amide bonds. The van der Waals surface area contributed by atoms with Gasteiger partial charge < -0.3 is 5.32 Å². The van der Waals surface area contributed by atoms with Gasteiger partial charge in [0.15, 0.2) is 0 Å². The predicted octanol–water partition coefficient (Wildman–Crippen LogP) is 4.60. The van der Waals surface area contributed by atoms with Gasteiger partial charge in [-0.2, -0.15) is 0 Å². The van der Waals surface area contributed by atoms with Crippen molar-refractivity contribution in [3.05, 3.63) is 35.9 Å². The average molecular weight is 271 g/mol. The Labute approximate surface area is 124 Å². The van der Waals surface area contributed by atoms with Gasteiger partial charge in [-0.25, -0.2) is 0 Å². The first-order chi connectivity index (χ1) is 9.71. The van der Waals surface area contributed by atoms with E-state index in [0.717, 1.165) is 17.8 Å². The third kappa shape index (κ3) is 2.93. The molecule has 0 aliphatic heterocycles. The lowest BCUT2D eigenvalue weighted by atomic mass is 9.79. The minimum Gasteiger partial charge on any atom is -0.316 e. The molecule has 1 heteroatoms. The molecule has 3 rings (SSSR count). The van der Waals surface area contributed by atoms with E-state index in [2.05, 4.69) is 49.5 Å². The molecule has 0 bridgehead atoms. The molecule has 2 unspecified atom stereocenters. The molecule has 1 nitrogen and oxygen atoms in total. The van der Waals surface area contributed by atoms with E-state index in [9.17, 15) is 0 Å². The maximum atomic E-state index is 3.76. The van der Waals surface area contributed by atoms with Crippen molar-refractivity contribution in [2.75, 3.05) is 13.1 Å². The predicted molar refractivity (Wildman–Crippen MR) is 85.9 cm³/mol. The van der Waals surface area contributed by atoms with Crippen LogP contribution in [-0.2, 0) is 0 Å². The molecule has 2 aliphatic rings. The van der Waals surface area contributed by atoms with Crippen LogP contribution in [0.5, 0.6) is 0 Å². The van der Waals surface area contributed by atoms with E-state index in [4.69, 9.17) is 0 Å². The molecular formula is C19H29N. The highest BCUT2D eigenvalue weighted by atomic mass is 14.9. The normalized spacial score (nSPS) is 27.9. The molecule has 2 fully saturated rings. The molecule has 2 aliphatic carbocycles. The highest BCUT2D eigenvalue weighted by molar-refractivity contribution is 5.27. The van der Waals surface area contributed by atoms with Gasteiger partial charge in [0.2, 0.25) is 0 Å². The summed E-state index contributed by atoms with van der Waals surface area (Å²) in [6.07, 6.45) is 7.22. The Morgan fingerprint density at radius 1 is 1.15 bits per heavy atom. The molecule has 110 valence electrons. The van der Waals surface area contributed by atoms with Crippen LogP contribution in [0.25, 0.3) is 0 Å². The molecule has 0 saturated heterocycles. The molecule has 0 aromatic heterocycles. The van der Waals surface area contributed by atoms with E-state index >= 15 is 0 Å². The first kappa shape index (κ1) is 14.1. The molecule has 0 heterocycles. The van der Waals surface area contributed by atoms with Crippen molar-refractivity contribution < 1.29 is 0 Å². The lowest BCUT2D eigenvalue weighted by Gasteiger charge is -2.31. The van der Waals surface area contributed by atoms with Crippen molar-refractivity contribution in [2.45, 2.75) is 51.9 Å². The zero-order valence-electron chi connectivity index (χ0n) is 13.1. The fourth-order valence-electron chi connectivity index (χ4n) is 4.31. The van der Waals surface area contributed by atoms with Crippen LogP contribution < -0.4 is 5.32 Å². The molecule has 20 heavy (non-hydrogen) atoms. The van der Waals surface area contributed by atoms with Crippen LogP contribution in [0.3, 0.4) is 0 Å². The zero-order chi connectivity index (χ0) is 14.0. The first-order valence-corrected chi connectivity index (χ1v) is 8.47. The molecular weight excluding hydrogens is 242 g/mol. The Morgan fingerprint density at radius 2 is 1.85 bits per heavy atom. The number of nitrogens with one attached hydrogen (secondary N) is 1. The van der Waals surface area contributed by atoms with Crippen molar-refractivity contribution in [1.29, 1.82) is 0 Å². The Hall–Kier alpha value is -0.820. The third-order valence-electron chi connectivity index (χ3n) is 5.43. The molecule has 0 spiro atoms. The van der Waals surface area contributed by atoms with Crippen LogP contribution in [-0.4, -0.2) is 13.1 Å². The number of benzene rings is 1. The molecule has 0 radical (unpaired) electrons. The molecule has 2 saturated carbocycles. The summed E-state index contributed by atoms with van der Waals surface area (Å²) in [6.45, 7) is 7.03. The van der Waals surface area contributed by atoms with Crippen molar-refractivity contribution in [3.8, 4) is 0 Å². The summed E-state index contributed by atoms with van der Waals surface area (Å²) in [6, 6.07) is 11.2. The van der Waals surface area contributed by atoms with Gasteiger partial charge in [-0.05, 0) is 54.5 Å². The maximum absolute atomic E-state index is 3.76. The summed E-state index contributed by atoms with van der Waals surface area (Å²) < 4.78 is 0. The van der Waals surface area contributed by atoms with Crippen molar-refractivity contribution in [1.82, 2.24) is 5.32 Å². The molecule has 1 aromatic rings. The van der Waals surface area contributed by atoms with Crippen LogP contribution in [0.2, 0.25) is 0 Å². The quantitative estimate of drug-likeness (QED) is 0.797. The maximum Gasteiger partial charge on any atom is 0.00108 e. The Kier molecular flexibility index (Phi) is 4.16. The number of rotatable bonds is 6. The van der Waals surface area contributed by atoms with E-state index in [-0.39, 0.29) is 0 Å². The van der Waals surface area contributed by atoms with Crippen LogP contribution in [0.1, 0.15) is 57.4 Å². The van der Waals surface area contributed by atoms with Crippen LogP contribution >= 0.6 is 0 Å². The van der Waals surface area contributed by atoms with Gasteiger partial charge in [-0.1, -0.05) is 57.0 Å². The lowest BCUT2D eigenvalue weighted by molar-refractivity contribution is 0.227. The van der Waals surface area contributed by atoms with Gasteiger partial charge in [0.25, 0.3) is 0 Å². The molecule has 1 N–H and O–H groups in total. The van der Waals surface area contributed by atoms with Gasteiger partial charge >= 0.3 is 0 Å². The zero-order valence-corrected chi connectivity index (χ0v) is 13.1. The smallest absolute Gasteiger partial charge is 0.00108 e. The van der Waals surface area contributed by atoms with E-state index in [1.807, 2.05) is 0 Å². The van der Waals surface area contributed by atoms with Crippen molar-refractivity contribution in [2.24, 2.45) is 17.3 Å². The second-order valence-corrected chi connectivity index (χ2v) is 7.45. The second-order valence-electron chi connectivity index (χ2n) is 7.45. The van der Waals surface area contributed by atoms with Gasteiger partial charge in [0.1, 0.15) is 0 Å². The number of hydrogen-bond acceptors (Lipinski definition) is 1. The van der Waals surface area contributed by atoms with E-state index in [1.54, 1.807) is 5.56 Å². The molecule has 2 atom stereocenters. The summed E-state index contributed by atoms with van der Waals surface area (Å²) in [5.74, 6) is 2.54. The van der Waals surface area contributed by atoms with Gasteiger partial charge in [-0.15, -0.1) is 0 Å². The van der Waals surface area contributed by atoms with Crippen LogP contribution in [0, 0.1) is 17.3 Å². The lowest BCUT2D eigenvalue weighted by Crippen LogP contribution is -2.36. The first-order valence-electron chi connectivity index (χ1n) is 8.47. The standard InChI is InChI=1S/C19H29N/c1-15(2)13-20-14-19(10-6-7-11-19)18-12-17(18)16-8-4-3-5-9-16/h3-5,8-9,15,17-18,20H,6-7,10-14H2,1-2H3. The minimum atomic E-state index is 0.607. The molecule has 1 aromatic carbocycles. The van der Waals surface area contributed by atoms with E-state index in [1.165, 1.54) is 45.2 Å². The van der Waals surface area contributed by atoms with E-state index < -0.39 is 0 Å². The largest absolute Gasteiger partial charge is 0.316 e. The van der Waals surface area contributed by atoms with Crippen molar-refractivity contribution >= 4 is 0 Å². The van der Waals surface area contributed by atoms with Gasteiger partial charge in [0, 0.05) is 6.54 Å². The highest BCUT2D eigenvalue weighted by Gasteiger charge is 2.53. The van der Waals surface area contributed by atoms with Gasteiger partial charge in [0.05, 0.1) is 0 Å². The van der Waals surface area contributed by atoms with Gasteiger partial charge in [-0.3, -0.25) is 0 Å². The topological polar surface area (TPSA) is 12.0 Å². The summed E-state index contributed by atoms with van der Waals surface area (Å²) in [5, 5.41) is 3.76. The third-order valence-corrected chi connectivity index (χ3v) is 5.43. The van der Waals surface area contributed by atoms with Crippen molar-refractivity contribution in [3.63, 3.8) is 0 Å². The highest BCUT2D eigenvalue weighted by Crippen LogP contribution is 2.62. The second kappa shape index (κ2) is 5.89. The summed E-state index contributed by atoms with van der Waals surface area (Å²) in [4.78, 5) is 0. The average Bonchev–Trinajstić information content (AvgIpc) is 3.13. The van der Waals surface area contributed by atoms with Crippen LogP contribution in [0.4, 0.5) is 0 Å². The van der Waals surface area contributed by atoms with E-state index in [0.29, 0.717) is 5.41 Å². The SMILES string of the molecule is CC(C)CNCC1(C2CC2c2ccccc2)CCCC1. The summed E-state index contributed by atoms with van der Waals surface area (Å²) >= 11 is 0. The summed E-state index contributed by atoms with van der Waals surface area (Å²) in [5.41, 5.74) is 2.18. The Morgan fingerprint density at radius 3 is 2.50 bits per heavy atom. The fourth-order valence-corrected chi connectivity index (χ4v) is 4.31. The minimum absolute atomic E-state index is 0.607. The number of hydrogen-bond donors (Lipinski definition) is 1. The Bertz CT molecular complexity index is 417. The summed E-state index contributed by atoms with van der Waals surface area (Å²) in [7, 11) is 0. The van der Waals surface area contributed by atoms with Crippen LogP contribution in [0.15, 0.2) is 30.3 Å². The Balaban J connectivity index is 1.64. The fraction of sp³-hybridized carbons (Fsp3) is 0.684. The monoisotopic (exact) mass is 271 g/mol.